The van der Waals surface area contributed by atoms with Gasteiger partial charge in [-0.2, -0.15) is 13.2 Å². The molecule has 2 aromatic carbocycles. The summed E-state index contributed by atoms with van der Waals surface area (Å²) >= 11 is 6.93. The highest BCUT2D eigenvalue weighted by molar-refractivity contribution is 7.91. The molecule has 3 N–H and O–H groups in total. The van der Waals surface area contributed by atoms with E-state index in [1.165, 1.54) is 18.2 Å². The van der Waals surface area contributed by atoms with Crippen molar-refractivity contribution < 1.29 is 36.2 Å². The Morgan fingerprint density at radius 1 is 1.11 bits per heavy atom. The molecule has 45 heavy (non-hydrogen) atoms. The van der Waals surface area contributed by atoms with Crippen molar-refractivity contribution in [2.24, 2.45) is 0 Å². The van der Waals surface area contributed by atoms with Crippen molar-refractivity contribution in [3.8, 4) is 5.75 Å². The van der Waals surface area contributed by atoms with Gasteiger partial charge in [0.05, 0.1) is 22.3 Å². The van der Waals surface area contributed by atoms with Crippen LogP contribution in [0.25, 0.3) is 0 Å². The van der Waals surface area contributed by atoms with Gasteiger partial charge in [-0.25, -0.2) is 13.1 Å². The molecule has 0 bridgehead atoms. The summed E-state index contributed by atoms with van der Waals surface area (Å²) in [7, 11) is -4.22. The Morgan fingerprint density at radius 3 is 2.53 bits per heavy atom. The molecule has 0 aliphatic carbocycles. The number of carbonyl (C=O) groups is 1. The van der Waals surface area contributed by atoms with Crippen molar-refractivity contribution in [1.82, 2.24) is 15.0 Å². The molecular formula is C31H29ClF3N3O5S2. The van der Waals surface area contributed by atoms with Gasteiger partial charge in [0.2, 0.25) is 0 Å². The van der Waals surface area contributed by atoms with E-state index in [4.69, 9.17) is 16.3 Å². The number of ether oxygens (including phenoxy) is 1. The summed E-state index contributed by atoms with van der Waals surface area (Å²) in [4.78, 5) is 17.3. The molecule has 4 aromatic rings. The van der Waals surface area contributed by atoms with Crippen LogP contribution in [0.3, 0.4) is 0 Å². The molecule has 1 amide bonds. The monoisotopic (exact) mass is 679 g/mol. The number of nitrogens with one attached hydrogen (secondary N) is 2. The lowest BCUT2D eigenvalue weighted by Crippen LogP contribution is -2.53. The summed E-state index contributed by atoms with van der Waals surface area (Å²) in [5.74, 6) is -0.0539. The number of amides is 1. The number of thiophene rings is 1. The fourth-order valence-corrected chi connectivity index (χ4v) is 7.71. The minimum absolute atomic E-state index is 0.00958. The predicted molar refractivity (Wildman–Crippen MR) is 164 cm³/mol. The molecule has 2 unspecified atom stereocenters. The molecule has 5 rings (SSSR count). The molecule has 14 heteroatoms. The standard InChI is InChI=1S/C31H29ClF3N3O5S2/c1-30(2)28(39)27(22-14-19(8-10-25(22)43-30)29(40)36-13-12-18-6-4-3-5-7-18)38-45(41,42)26-11-9-21(44-26)16-24-23(32)15-20(17-37-24)31(33,34)35/h3-11,14-15,17,27-28,38-39H,12-13,16H2,1-2H3,(H,36,40). The summed E-state index contributed by atoms with van der Waals surface area (Å²) in [6.07, 6.45) is -4.61. The fraction of sp³-hybridized carbons (Fsp3) is 0.290. The van der Waals surface area contributed by atoms with Gasteiger partial charge in [0.1, 0.15) is 21.7 Å². The SMILES string of the molecule is CC1(C)Oc2ccc(C(=O)NCCc3ccccc3)cc2C(NS(=O)(=O)c2ccc(Cc3ncc(C(F)(F)F)cc3Cl)s2)C1O. The smallest absolute Gasteiger partial charge is 0.417 e. The lowest BCUT2D eigenvalue weighted by Gasteiger charge is -2.42. The maximum Gasteiger partial charge on any atom is 0.417 e. The molecule has 2 aromatic heterocycles. The summed E-state index contributed by atoms with van der Waals surface area (Å²) in [5, 5.41) is 13.9. The zero-order valence-corrected chi connectivity index (χ0v) is 26.4. The van der Waals surface area contributed by atoms with Crippen LogP contribution < -0.4 is 14.8 Å². The van der Waals surface area contributed by atoms with E-state index in [0.29, 0.717) is 35.4 Å². The molecule has 0 spiro atoms. The summed E-state index contributed by atoms with van der Waals surface area (Å²) < 4.78 is 74.5. The minimum Gasteiger partial charge on any atom is -0.485 e. The van der Waals surface area contributed by atoms with Gasteiger partial charge < -0.3 is 15.2 Å². The molecule has 1 aliphatic heterocycles. The molecule has 8 nitrogen and oxygen atoms in total. The van der Waals surface area contributed by atoms with Gasteiger partial charge in [0, 0.05) is 35.2 Å². The van der Waals surface area contributed by atoms with E-state index in [2.05, 4.69) is 15.0 Å². The van der Waals surface area contributed by atoms with Gasteiger partial charge >= 0.3 is 6.18 Å². The summed E-state index contributed by atoms with van der Waals surface area (Å²) in [6.45, 7) is 3.63. The van der Waals surface area contributed by atoms with E-state index in [0.717, 1.165) is 23.0 Å². The molecule has 238 valence electrons. The van der Waals surface area contributed by atoms with Crippen LogP contribution in [0.4, 0.5) is 13.2 Å². The number of sulfonamides is 1. The van der Waals surface area contributed by atoms with Gasteiger partial charge in [-0.3, -0.25) is 9.78 Å². The summed E-state index contributed by atoms with van der Waals surface area (Å²) in [5.41, 5.74) is -0.383. The second-order valence-corrected chi connectivity index (χ2v) is 14.6. The molecule has 3 heterocycles. The molecule has 2 atom stereocenters. The second kappa shape index (κ2) is 12.7. The van der Waals surface area contributed by atoms with Crippen LogP contribution in [-0.2, 0) is 29.0 Å². The van der Waals surface area contributed by atoms with Crippen LogP contribution in [0.15, 0.2) is 77.1 Å². The first-order valence-corrected chi connectivity index (χ1v) is 16.5. The zero-order valence-electron chi connectivity index (χ0n) is 24.1. The Kier molecular flexibility index (Phi) is 9.30. The molecule has 0 saturated heterocycles. The van der Waals surface area contributed by atoms with E-state index < -0.39 is 39.5 Å². The lowest BCUT2D eigenvalue weighted by molar-refractivity contribution is -0.137. The normalized spacial score (nSPS) is 17.8. The van der Waals surface area contributed by atoms with Gasteiger partial charge in [-0.15, -0.1) is 11.3 Å². The van der Waals surface area contributed by atoms with Crippen LogP contribution in [0.5, 0.6) is 5.75 Å². The van der Waals surface area contributed by atoms with Crippen LogP contribution >= 0.6 is 22.9 Å². The first-order valence-electron chi connectivity index (χ1n) is 13.8. The Balaban J connectivity index is 1.34. The van der Waals surface area contributed by atoms with Crippen molar-refractivity contribution >= 4 is 38.9 Å². The largest absolute Gasteiger partial charge is 0.485 e. The maximum absolute atomic E-state index is 13.6. The predicted octanol–water partition coefficient (Wildman–Crippen LogP) is 5.93. The Bertz CT molecular complexity index is 1810. The van der Waals surface area contributed by atoms with E-state index in [9.17, 15) is 31.5 Å². The van der Waals surface area contributed by atoms with Crippen LogP contribution in [-0.4, -0.2) is 42.7 Å². The lowest BCUT2D eigenvalue weighted by atomic mass is 9.86. The van der Waals surface area contributed by atoms with Crippen LogP contribution in [0.1, 0.15) is 57.5 Å². The summed E-state index contributed by atoms with van der Waals surface area (Å²) in [6, 6.07) is 16.8. The third-order valence-corrected chi connectivity index (χ3v) is 10.7. The first kappa shape index (κ1) is 32.9. The average Bonchev–Trinajstić information content (AvgIpc) is 3.46. The number of aliphatic hydroxyl groups excluding tert-OH is 1. The van der Waals surface area contributed by atoms with Gasteiger partial charge in [0.15, 0.2) is 0 Å². The van der Waals surface area contributed by atoms with E-state index >= 15 is 0 Å². The van der Waals surface area contributed by atoms with E-state index in [1.807, 2.05) is 30.3 Å². The molecule has 0 fully saturated rings. The van der Waals surface area contributed by atoms with E-state index in [-0.39, 0.29) is 32.8 Å². The number of pyridine rings is 1. The second-order valence-electron chi connectivity index (χ2n) is 11.0. The first-order chi connectivity index (χ1) is 21.1. The Hall–Kier alpha value is -3.49. The van der Waals surface area contributed by atoms with Crippen LogP contribution in [0, 0.1) is 0 Å². The van der Waals surface area contributed by atoms with Gasteiger partial charge in [0.25, 0.3) is 15.9 Å². The minimum atomic E-state index is -4.60. The zero-order chi connectivity index (χ0) is 32.6. The number of aliphatic hydroxyl groups is 1. The van der Waals surface area contributed by atoms with Crippen molar-refractivity contribution in [3.05, 3.63) is 111 Å². The molecule has 0 radical (unpaired) electrons. The number of carbonyl (C=O) groups excluding carboxylic acids is 1. The quantitative estimate of drug-likeness (QED) is 0.202. The van der Waals surface area contributed by atoms with Crippen molar-refractivity contribution in [1.29, 1.82) is 0 Å². The number of rotatable bonds is 9. The highest BCUT2D eigenvalue weighted by Crippen LogP contribution is 2.41. The number of benzene rings is 2. The van der Waals surface area contributed by atoms with Crippen molar-refractivity contribution in [2.45, 2.75) is 54.8 Å². The van der Waals surface area contributed by atoms with Gasteiger partial charge in [-0.1, -0.05) is 41.9 Å². The third kappa shape index (κ3) is 7.50. The number of halogens is 4. The van der Waals surface area contributed by atoms with Gasteiger partial charge in [-0.05, 0) is 62.2 Å². The number of aromatic nitrogens is 1. The molecule has 1 aliphatic rings. The molecular weight excluding hydrogens is 651 g/mol. The Morgan fingerprint density at radius 2 is 1.84 bits per heavy atom. The number of hydrogen-bond acceptors (Lipinski definition) is 7. The topological polar surface area (TPSA) is 118 Å². The van der Waals surface area contributed by atoms with Crippen LogP contribution in [0.2, 0.25) is 5.02 Å². The average molecular weight is 680 g/mol. The Labute approximate surface area is 267 Å². The third-order valence-electron chi connectivity index (χ3n) is 7.32. The maximum atomic E-state index is 13.6. The van der Waals surface area contributed by atoms with Crippen molar-refractivity contribution in [2.75, 3.05) is 6.54 Å². The highest BCUT2D eigenvalue weighted by Gasteiger charge is 2.45. The number of alkyl halides is 3. The number of nitrogens with zero attached hydrogens (tertiary/aromatic N) is 1. The number of fused-ring (bicyclic) bond motifs is 1. The fourth-order valence-electron chi connectivity index (χ4n) is 4.88. The van der Waals surface area contributed by atoms with Crippen molar-refractivity contribution in [3.63, 3.8) is 0 Å². The number of hydrogen-bond donors (Lipinski definition) is 3. The molecule has 0 saturated carbocycles. The highest BCUT2D eigenvalue weighted by atomic mass is 35.5. The van der Waals surface area contributed by atoms with E-state index in [1.54, 1.807) is 26.0 Å².